The predicted octanol–water partition coefficient (Wildman–Crippen LogP) is 3.67. The summed E-state index contributed by atoms with van der Waals surface area (Å²) in [5.41, 5.74) is 1.49. The van der Waals surface area contributed by atoms with Crippen LogP contribution in [0.1, 0.15) is 34.5 Å². The first-order valence-electron chi connectivity index (χ1n) is 6.73. The second kappa shape index (κ2) is 5.95. The molecular weight excluding hydrogens is 269 g/mol. The van der Waals surface area contributed by atoms with Gasteiger partial charge in [-0.1, -0.05) is 29.8 Å². The Hall–Kier alpha value is -2.36. The Balaban J connectivity index is 2.31. The molecule has 0 saturated heterocycles. The monoisotopic (exact) mass is 287 g/mol. The molecule has 110 valence electrons. The first-order chi connectivity index (χ1) is 9.91. The molecule has 0 radical (unpaired) electrons. The van der Waals surface area contributed by atoms with Gasteiger partial charge in [0.1, 0.15) is 11.6 Å². The van der Waals surface area contributed by atoms with Crippen molar-refractivity contribution in [3.05, 3.63) is 65.0 Å². The van der Waals surface area contributed by atoms with Crippen molar-refractivity contribution < 1.29 is 14.3 Å². The number of aryl methyl sites for hydroxylation is 1. The van der Waals surface area contributed by atoms with Crippen molar-refractivity contribution in [2.24, 2.45) is 0 Å². The number of carbonyl (C=O) groups is 1. The number of nitrogens with zero attached hydrogens (tertiary/aromatic N) is 1. The van der Waals surface area contributed by atoms with Gasteiger partial charge in [-0.3, -0.25) is 4.79 Å². The van der Waals surface area contributed by atoms with Gasteiger partial charge in [-0.2, -0.15) is 0 Å². The van der Waals surface area contributed by atoms with Gasteiger partial charge in [-0.15, -0.1) is 0 Å². The van der Waals surface area contributed by atoms with Crippen LogP contribution >= 0.6 is 0 Å². The van der Waals surface area contributed by atoms with E-state index in [4.69, 9.17) is 0 Å². The number of amides is 1. The smallest absolute Gasteiger partial charge is 0.257 e. The number of para-hydroxylation sites is 1. The number of carbonyl (C=O) groups excluding carboxylic acids is 1. The van der Waals surface area contributed by atoms with Gasteiger partial charge in [0.25, 0.3) is 5.91 Å². The Bertz CT molecular complexity index is 670. The molecule has 1 N–H and O–H groups in total. The molecular formula is C17H18FNO2. The van der Waals surface area contributed by atoms with E-state index in [1.54, 1.807) is 44.3 Å². The zero-order chi connectivity index (χ0) is 15.6. The average Bonchev–Trinajstić information content (AvgIpc) is 2.48. The highest BCUT2D eigenvalue weighted by Gasteiger charge is 2.23. The summed E-state index contributed by atoms with van der Waals surface area (Å²) in [6.07, 6.45) is 0. The molecule has 4 heteroatoms. The normalized spacial score (nSPS) is 12.0. The molecule has 2 rings (SSSR count). The number of rotatable bonds is 3. The van der Waals surface area contributed by atoms with E-state index < -0.39 is 11.7 Å². The van der Waals surface area contributed by atoms with Crippen LogP contribution in [0.5, 0.6) is 5.75 Å². The fourth-order valence-corrected chi connectivity index (χ4v) is 2.22. The van der Waals surface area contributed by atoms with Crippen LogP contribution in [0.4, 0.5) is 4.39 Å². The molecule has 0 aliphatic carbocycles. The summed E-state index contributed by atoms with van der Waals surface area (Å²) in [7, 11) is 1.60. The lowest BCUT2D eigenvalue weighted by Crippen LogP contribution is -2.30. The molecule has 21 heavy (non-hydrogen) atoms. The van der Waals surface area contributed by atoms with Gasteiger partial charge in [0, 0.05) is 12.6 Å². The molecule has 2 aromatic rings. The van der Waals surface area contributed by atoms with Crippen LogP contribution < -0.4 is 0 Å². The van der Waals surface area contributed by atoms with Gasteiger partial charge in [-0.25, -0.2) is 4.39 Å². The van der Waals surface area contributed by atoms with Gasteiger partial charge in [0.05, 0.1) is 11.6 Å². The average molecular weight is 287 g/mol. The fourth-order valence-electron chi connectivity index (χ4n) is 2.22. The molecule has 3 nitrogen and oxygen atoms in total. The Morgan fingerprint density at radius 1 is 1.24 bits per heavy atom. The van der Waals surface area contributed by atoms with E-state index in [1.165, 1.54) is 17.0 Å². The van der Waals surface area contributed by atoms with E-state index >= 15 is 0 Å². The SMILES string of the molecule is Cc1ccc(F)c(C(=O)N(C)C(C)c2ccccc2O)c1. The number of hydrogen-bond donors (Lipinski definition) is 1. The first-order valence-corrected chi connectivity index (χ1v) is 6.73. The van der Waals surface area contributed by atoms with Crippen molar-refractivity contribution in [1.29, 1.82) is 0 Å². The summed E-state index contributed by atoms with van der Waals surface area (Å²) in [6, 6.07) is 10.9. The standard InChI is InChI=1S/C17H18FNO2/c1-11-8-9-15(18)14(10-11)17(21)19(3)12(2)13-6-4-5-7-16(13)20/h4-10,12,20H,1-3H3. The maximum atomic E-state index is 13.8. The predicted molar refractivity (Wildman–Crippen MR) is 79.8 cm³/mol. The van der Waals surface area contributed by atoms with E-state index in [0.717, 1.165) is 5.56 Å². The third-order valence-electron chi connectivity index (χ3n) is 3.64. The minimum atomic E-state index is -0.540. The van der Waals surface area contributed by atoms with Crippen LogP contribution in [0, 0.1) is 12.7 Å². The van der Waals surface area contributed by atoms with Gasteiger partial charge in [0.2, 0.25) is 0 Å². The Labute approximate surface area is 123 Å². The molecule has 0 aliphatic rings. The third kappa shape index (κ3) is 3.05. The summed E-state index contributed by atoms with van der Waals surface area (Å²) < 4.78 is 13.8. The summed E-state index contributed by atoms with van der Waals surface area (Å²) in [5.74, 6) is -0.830. The number of phenolic OH excluding ortho intramolecular Hbond substituents is 1. The Morgan fingerprint density at radius 3 is 2.57 bits per heavy atom. The summed E-state index contributed by atoms with van der Waals surface area (Å²) in [6.45, 7) is 3.60. The number of hydrogen-bond acceptors (Lipinski definition) is 2. The van der Waals surface area contributed by atoms with Gasteiger partial charge >= 0.3 is 0 Å². The van der Waals surface area contributed by atoms with E-state index in [2.05, 4.69) is 0 Å². The zero-order valence-corrected chi connectivity index (χ0v) is 12.3. The molecule has 0 saturated carbocycles. The van der Waals surface area contributed by atoms with Gasteiger partial charge < -0.3 is 10.0 Å². The van der Waals surface area contributed by atoms with Crippen LogP contribution in [-0.2, 0) is 0 Å². The molecule has 0 bridgehead atoms. The number of phenols is 1. The van der Waals surface area contributed by atoms with Crippen molar-refractivity contribution in [2.75, 3.05) is 7.05 Å². The number of halogens is 1. The van der Waals surface area contributed by atoms with Crippen molar-refractivity contribution >= 4 is 5.91 Å². The van der Waals surface area contributed by atoms with E-state index in [-0.39, 0.29) is 17.4 Å². The van der Waals surface area contributed by atoms with Crippen LogP contribution in [0.2, 0.25) is 0 Å². The first kappa shape index (κ1) is 15.0. The number of benzene rings is 2. The van der Waals surface area contributed by atoms with E-state index in [0.29, 0.717) is 5.56 Å². The van der Waals surface area contributed by atoms with Crippen molar-refractivity contribution in [3.8, 4) is 5.75 Å². The minimum Gasteiger partial charge on any atom is -0.508 e. The molecule has 0 spiro atoms. The van der Waals surface area contributed by atoms with Crippen LogP contribution in [-0.4, -0.2) is 23.0 Å². The summed E-state index contributed by atoms with van der Waals surface area (Å²) in [4.78, 5) is 13.9. The Morgan fingerprint density at radius 2 is 1.90 bits per heavy atom. The molecule has 1 amide bonds. The molecule has 0 fully saturated rings. The van der Waals surface area contributed by atoms with Gasteiger partial charge in [-0.05, 0) is 32.0 Å². The van der Waals surface area contributed by atoms with E-state index in [1.807, 2.05) is 6.92 Å². The molecule has 1 unspecified atom stereocenters. The maximum absolute atomic E-state index is 13.8. The lowest BCUT2D eigenvalue weighted by atomic mass is 10.0. The third-order valence-corrected chi connectivity index (χ3v) is 3.64. The van der Waals surface area contributed by atoms with Crippen LogP contribution in [0.25, 0.3) is 0 Å². The quantitative estimate of drug-likeness (QED) is 0.935. The minimum absolute atomic E-state index is 0.0415. The molecule has 1 atom stereocenters. The second-order valence-corrected chi connectivity index (χ2v) is 5.13. The highest BCUT2D eigenvalue weighted by Crippen LogP contribution is 2.28. The lowest BCUT2D eigenvalue weighted by molar-refractivity contribution is 0.0736. The van der Waals surface area contributed by atoms with Crippen molar-refractivity contribution in [2.45, 2.75) is 19.9 Å². The molecule has 0 heterocycles. The molecule has 0 aliphatic heterocycles. The molecule has 2 aromatic carbocycles. The summed E-state index contributed by atoms with van der Waals surface area (Å²) >= 11 is 0. The summed E-state index contributed by atoms with van der Waals surface area (Å²) in [5, 5.41) is 9.87. The van der Waals surface area contributed by atoms with Crippen LogP contribution in [0.3, 0.4) is 0 Å². The van der Waals surface area contributed by atoms with Crippen LogP contribution in [0.15, 0.2) is 42.5 Å². The van der Waals surface area contributed by atoms with E-state index in [9.17, 15) is 14.3 Å². The number of aromatic hydroxyl groups is 1. The fraction of sp³-hybridized carbons (Fsp3) is 0.235. The Kier molecular flexibility index (Phi) is 4.26. The maximum Gasteiger partial charge on any atom is 0.257 e. The lowest BCUT2D eigenvalue weighted by Gasteiger charge is -2.26. The highest BCUT2D eigenvalue weighted by molar-refractivity contribution is 5.94. The molecule has 0 aromatic heterocycles. The van der Waals surface area contributed by atoms with Crippen molar-refractivity contribution in [1.82, 2.24) is 4.90 Å². The topological polar surface area (TPSA) is 40.5 Å². The highest BCUT2D eigenvalue weighted by atomic mass is 19.1. The largest absolute Gasteiger partial charge is 0.508 e. The zero-order valence-electron chi connectivity index (χ0n) is 12.3. The van der Waals surface area contributed by atoms with Gasteiger partial charge in [0.15, 0.2) is 0 Å². The van der Waals surface area contributed by atoms with Crippen molar-refractivity contribution in [3.63, 3.8) is 0 Å². The second-order valence-electron chi connectivity index (χ2n) is 5.13.